The standard InChI is InChI=1S/C24H35N3O/c1-3-5-6-7-8-9-10-11-17-26-24-22(16-13-18-27-24)23(25)20-14-12-15-21(19-20)28-4-2/h12-16,18-19,25H,3-11,17H2,1-2H3,(H,26,27). The molecule has 0 aliphatic heterocycles. The van der Waals surface area contributed by atoms with Crippen LogP contribution in [0.4, 0.5) is 5.82 Å². The molecule has 0 radical (unpaired) electrons. The molecule has 0 bridgehead atoms. The van der Waals surface area contributed by atoms with Gasteiger partial charge in [0.25, 0.3) is 0 Å². The average Bonchev–Trinajstić information content (AvgIpc) is 2.73. The van der Waals surface area contributed by atoms with Gasteiger partial charge in [0, 0.05) is 23.9 Å². The van der Waals surface area contributed by atoms with Crippen LogP contribution in [-0.2, 0) is 0 Å². The molecule has 2 N–H and O–H groups in total. The molecule has 1 heterocycles. The molecule has 0 aliphatic carbocycles. The summed E-state index contributed by atoms with van der Waals surface area (Å²) in [6.07, 6.45) is 12.2. The smallest absolute Gasteiger partial charge is 0.135 e. The van der Waals surface area contributed by atoms with Crippen LogP contribution in [0.5, 0.6) is 5.75 Å². The van der Waals surface area contributed by atoms with Crippen molar-refractivity contribution in [2.45, 2.75) is 65.2 Å². The highest BCUT2D eigenvalue weighted by Crippen LogP contribution is 2.20. The second-order valence-corrected chi connectivity index (χ2v) is 7.14. The zero-order chi connectivity index (χ0) is 20.0. The van der Waals surface area contributed by atoms with E-state index in [4.69, 9.17) is 10.1 Å². The van der Waals surface area contributed by atoms with Crippen molar-refractivity contribution >= 4 is 11.5 Å². The van der Waals surface area contributed by atoms with Gasteiger partial charge in [0.05, 0.1) is 12.3 Å². The molecule has 1 aromatic carbocycles. The van der Waals surface area contributed by atoms with Gasteiger partial charge in [-0.2, -0.15) is 0 Å². The molecule has 0 aliphatic rings. The monoisotopic (exact) mass is 381 g/mol. The Morgan fingerprint density at radius 3 is 2.46 bits per heavy atom. The number of nitrogens with zero attached hydrogens (tertiary/aromatic N) is 1. The fourth-order valence-corrected chi connectivity index (χ4v) is 3.28. The van der Waals surface area contributed by atoms with E-state index in [9.17, 15) is 0 Å². The Labute approximate surface area is 170 Å². The van der Waals surface area contributed by atoms with Crippen molar-refractivity contribution in [3.05, 3.63) is 53.7 Å². The molecular formula is C24H35N3O. The maximum Gasteiger partial charge on any atom is 0.135 e. The van der Waals surface area contributed by atoms with E-state index in [0.29, 0.717) is 12.3 Å². The van der Waals surface area contributed by atoms with Gasteiger partial charge in [-0.3, -0.25) is 5.41 Å². The molecule has 1 aromatic heterocycles. The molecule has 0 saturated heterocycles. The Balaban J connectivity index is 1.85. The number of rotatable bonds is 14. The van der Waals surface area contributed by atoms with Gasteiger partial charge < -0.3 is 10.1 Å². The summed E-state index contributed by atoms with van der Waals surface area (Å²) in [5.41, 5.74) is 2.14. The maximum atomic E-state index is 8.63. The number of hydrogen-bond acceptors (Lipinski definition) is 4. The molecule has 0 fully saturated rings. The van der Waals surface area contributed by atoms with Crippen LogP contribution in [0.15, 0.2) is 42.6 Å². The summed E-state index contributed by atoms with van der Waals surface area (Å²) in [6, 6.07) is 11.6. The Kier molecular flexibility index (Phi) is 10.1. The van der Waals surface area contributed by atoms with E-state index < -0.39 is 0 Å². The van der Waals surface area contributed by atoms with Crippen molar-refractivity contribution in [2.24, 2.45) is 0 Å². The van der Waals surface area contributed by atoms with E-state index in [1.54, 1.807) is 6.20 Å². The van der Waals surface area contributed by atoms with Gasteiger partial charge >= 0.3 is 0 Å². The predicted octanol–water partition coefficient (Wildman–Crippen LogP) is 6.45. The van der Waals surface area contributed by atoms with Gasteiger partial charge in [-0.1, -0.05) is 64.0 Å². The van der Waals surface area contributed by atoms with Crippen LogP contribution >= 0.6 is 0 Å². The first kappa shape index (κ1) is 21.9. The van der Waals surface area contributed by atoms with Gasteiger partial charge in [0.2, 0.25) is 0 Å². The third-order valence-corrected chi connectivity index (χ3v) is 4.83. The molecular weight excluding hydrogens is 346 g/mol. The van der Waals surface area contributed by atoms with Crippen LogP contribution in [0.3, 0.4) is 0 Å². The van der Waals surface area contributed by atoms with E-state index in [2.05, 4.69) is 17.2 Å². The van der Waals surface area contributed by atoms with Crippen LogP contribution in [0.25, 0.3) is 0 Å². The Morgan fingerprint density at radius 2 is 1.71 bits per heavy atom. The van der Waals surface area contributed by atoms with E-state index in [1.807, 2.05) is 43.3 Å². The lowest BCUT2D eigenvalue weighted by Crippen LogP contribution is -2.11. The van der Waals surface area contributed by atoms with Crippen LogP contribution in [0, 0.1) is 5.41 Å². The minimum Gasteiger partial charge on any atom is -0.494 e. The summed E-state index contributed by atoms with van der Waals surface area (Å²) in [6.45, 7) is 5.74. The van der Waals surface area contributed by atoms with Crippen LogP contribution in [0.1, 0.15) is 76.3 Å². The number of anilines is 1. The summed E-state index contributed by atoms with van der Waals surface area (Å²) in [4.78, 5) is 4.47. The van der Waals surface area contributed by atoms with E-state index in [0.717, 1.165) is 35.7 Å². The lowest BCUT2D eigenvalue weighted by molar-refractivity contribution is 0.340. The highest BCUT2D eigenvalue weighted by Gasteiger charge is 2.11. The van der Waals surface area contributed by atoms with Crippen molar-refractivity contribution in [1.82, 2.24) is 4.98 Å². The second kappa shape index (κ2) is 12.9. The highest BCUT2D eigenvalue weighted by molar-refractivity contribution is 6.13. The molecule has 4 nitrogen and oxygen atoms in total. The van der Waals surface area contributed by atoms with E-state index in [-0.39, 0.29) is 0 Å². The Morgan fingerprint density at radius 1 is 0.964 bits per heavy atom. The van der Waals surface area contributed by atoms with E-state index in [1.165, 1.54) is 44.9 Å². The summed E-state index contributed by atoms with van der Waals surface area (Å²) in [5.74, 6) is 1.58. The van der Waals surface area contributed by atoms with Gasteiger partial charge in [-0.05, 0) is 37.6 Å². The first-order valence-electron chi connectivity index (χ1n) is 10.8. The zero-order valence-corrected chi connectivity index (χ0v) is 17.5. The molecule has 0 atom stereocenters. The molecule has 2 aromatic rings. The van der Waals surface area contributed by atoms with Gasteiger partial charge in [0.15, 0.2) is 0 Å². The largest absolute Gasteiger partial charge is 0.494 e. The summed E-state index contributed by atoms with van der Waals surface area (Å²) >= 11 is 0. The predicted molar refractivity (Wildman–Crippen MR) is 119 cm³/mol. The van der Waals surface area contributed by atoms with Crippen molar-refractivity contribution in [3.8, 4) is 5.75 Å². The molecule has 0 unspecified atom stereocenters. The minimum atomic E-state index is 0.466. The van der Waals surface area contributed by atoms with Crippen molar-refractivity contribution < 1.29 is 4.74 Å². The fraction of sp³-hybridized carbons (Fsp3) is 0.500. The minimum absolute atomic E-state index is 0.466. The number of aromatic nitrogens is 1. The van der Waals surface area contributed by atoms with Gasteiger partial charge in [-0.15, -0.1) is 0 Å². The zero-order valence-electron chi connectivity index (χ0n) is 17.5. The number of ether oxygens (including phenoxy) is 1. The van der Waals surface area contributed by atoms with Crippen LogP contribution in [-0.4, -0.2) is 23.8 Å². The Hall–Kier alpha value is -2.36. The molecule has 28 heavy (non-hydrogen) atoms. The fourth-order valence-electron chi connectivity index (χ4n) is 3.28. The first-order chi connectivity index (χ1) is 13.8. The van der Waals surface area contributed by atoms with Crippen molar-refractivity contribution in [3.63, 3.8) is 0 Å². The first-order valence-corrected chi connectivity index (χ1v) is 10.8. The lowest BCUT2D eigenvalue weighted by atomic mass is 10.0. The highest BCUT2D eigenvalue weighted by atomic mass is 16.5. The Bertz CT molecular complexity index is 715. The maximum absolute atomic E-state index is 8.63. The lowest BCUT2D eigenvalue weighted by Gasteiger charge is -2.13. The molecule has 0 amide bonds. The molecule has 0 spiro atoms. The quantitative estimate of drug-likeness (QED) is 0.292. The normalized spacial score (nSPS) is 10.6. The number of pyridine rings is 1. The molecule has 2 rings (SSSR count). The summed E-state index contributed by atoms with van der Waals surface area (Å²) in [5, 5.41) is 12.1. The van der Waals surface area contributed by atoms with Crippen LogP contribution in [0.2, 0.25) is 0 Å². The second-order valence-electron chi connectivity index (χ2n) is 7.14. The average molecular weight is 382 g/mol. The third kappa shape index (κ3) is 7.34. The summed E-state index contributed by atoms with van der Waals surface area (Å²) in [7, 11) is 0. The molecule has 152 valence electrons. The van der Waals surface area contributed by atoms with Crippen molar-refractivity contribution in [2.75, 3.05) is 18.5 Å². The van der Waals surface area contributed by atoms with E-state index >= 15 is 0 Å². The number of hydrogen-bond donors (Lipinski definition) is 2. The van der Waals surface area contributed by atoms with Gasteiger partial charge in [0.1, 0.15) is 11.6 Å². The SMILES string of the molecule is CCCCCCCCCCNc1ncccc1C(=N)c1cccc(OCC)c1. The van der Waals surface area contributed by atoms with Crippen LogP contribution < -0.4 is 10.1 Å². The van der Waals surface area contributed by atoms with Gasteiger partial charge in [-0.25, -0.2) is 4.98 Å². The number of nitrogens with one attached hydrogen (secondary N) is 2. The number of unbranched alkanes of at least 4 members (excludes halogenated alkanes) is 7. The molecule has 4 heteroatoms. The summed E-state index contributed by atoms with van der Waals surface area (Å²) < 4.78 is 5.57. The van der Waals surface area contributed by atoms with Crippen molar-refractivity contribution in [1.29, 1.82) is 5.41 Å². The number of benzene rings is 1. The molecule has 0 saturated carbocycles. The topological polar surface area (TPSA) is 58.0 Å². The third-order valence-electron chi connectivity index (χ3n) is 4.83.